The van der Waals surface area contributed by atoms with Gasteiger partial charge in [-0.3, -0.25) is 4.90 Å². The van der Waals surface area contributed by atoms with Gasteiger partial charge in [0.05, 0.1) is 0 Å². The van der Waals surface area contributed by atoms with E-state index < -0.39 is 0 Å². The van der Waals surface area contributed by atoms with E-state index in [9.17, 15) is 0 Å². The van der Waals surface area contributed by atoms with E-state index in [1.807, 2.05) is 30.3 Å². The lowest BCUT2D eigenvalue weighted by Crippen LogP contribution is -2.18. The predicted octanol–water partition coefficient (Wildman–Crippen LogP) is 3.88. The van der Waals surface area contributed by atoms with Gasteiger partial charge in [-0.25, -0.2) is 0 Å². The van der Waals surface area contributed by atoms with Gasteiger partial charge in [0.15, 0.2) is 0 Å². The largest absolute Gasteiger partial charge is 0.334 e. The topological polar surface area (TPSA) is 68.2 Å². The molecule has 3 aromatic rings. The van der Waals surface area contributed by atoms with Crippen LogP contribution in [0.25, 0.3) is 22.8 Å². The van der Waals surface area contributed by atoms with Crippen LogP contribution in [0.2, 0.25) is 0 Å². The van der Waals surface area contributed by atoms with E-state index in [1.54, 1.807) is 0 Å². The maximum atomic E-state index is 5.64. The fourth-order valence-electron chi connectivity index (χ4n) is 3.25. The van der Waals surface area contributed by atoms with Crippen molar-refractivity contribution in [2.24, 2.45) is 5.73 Å². The second-order valence-electron chi connectivity index (χ2n) is 6.51. The highest BCUT2D eigenvalue weighted by atomic mass is 35.5. The first-order valence-corrected chi connectivity index (χ1v) is 8.76. The minimum Gasteiger partial charge on any atom is -0.334 e. The molecule has 136 valence electrons. The van der Waals surface area contributed by atoms with Crippen LogP contribution in [0.5, 0.6) is 0 Å². The van der Waals surface area contributed by atoms with Gasteiger partial charge in [0.1, 0.15) is 0 Å². The number of hydrogen-bond acceptors (Lipinski definition) is 5. The molecule has 1 aliphatic rings. The molecule has 26 heavy (non-hydrogen) atoms. The van der Waals surface area contributed by atoms with Crippen molar-refractivity contribution in [2.75, 3.05) is 13.1 Å². The van der Waals surface area contributed by atoms with E-state index in [0.717, 1.165) is 23.2 Å². The molecule has 0 saturated carbocycles. The molecule has 1 aromatic heterocycles. The smallest absolute Gasteiger partial charge is 0.258 e. The zero-order valence-electron chi connectivity index (χ0n) is 14.6. The van der Waals surface area contributed by atoms with Crippen LogP contribution < -0.4 is 5.73 Å². The van der Waals surface area contributed by atoms with Gasteiger partial charge in [-0.2, -0.15) is 4.98 Å². The van der Waals surface area contributed by atoms with E-state index >= 15 is 0 Å². The van der Waals surface area contributed by atoms with Gasteiger partial charge in [0.2, 0.25) is 5.82 Å². The van der Waals surface area contributed by atoms with Crippen LogP contribution in [-0.4, -0.2) is 28.1 Å². The highest BCUT2D eigenvalue weighted by molar-refractivity contribution is 5.85. The number of aromatic nitrogens is 2. The highest BCUT2D eigenvalue weighted by Gasteiger charge is 2.14. The number of hydrogen-bond donors (Lipinski definition) is 1. The zero-order valence-corrected chi connectivity index (χ0v) is 15.4. The molecule has 2 heterocycles. The molecule has 2 aromatic carbocycles. The fraction of sp³-hybridized carbons (Fsp3) is 0.300. The quantitative estimate of drug-likeness (QED) is 0.738. The highest BCUT2D eigenvalue weighted by Crippen LogP contribution is 2.24. The van der Waals surface area contributed by atoms with Crippen molar-refractivity contribution in [2.45, 2.75) is 25.9 Å². The minimum absolute atomic E-state index is 0. The molecule has 1 saturated heterocycles. The van der Waals surface area contributed by atoms with Gasteiger partial charge >= 0.3 is 0 Å². The molecule has 5 nitrogen and oxygen atoms in total. The third-order valence-corrected chi connectivity index (χ3v) is 4.65. The molecule has 0 unspecified atom stereocenters. The lowest BCUT2D eigenvalue weighted by atomic mass is 10.1. The summed E-state index contributed by atoms with van der Waals surface area (Å²) in [7, 11) is 0. The van der Waals surface area contributed by atoms with Crippen molar-refractivity contribution in [3.05, 3.63) is 59.7 Å². The molecular weight excluding hydrogens is 348 g/mol. The van der Waals surface area contributed by atoms with Crippen LogP contribution in [0, 0.1) is 0 Å². The molecule has 4 rings (SSSR count). The van der Waals surface area contributed by atoms with Gasteiger partial charge in [-0.15, -0.1) is 12.4 Å². The monoisotopic (exact) mass is 370 g/mol. The van der Waals surface area contributed by atoms with Crippen LogP contribution in [0.15, 0.2) is 53.1 Å². The van der Waals surface area contributed by atoms with E-state index in [-0.39, 0.29) is 12.4 Å². The van der Waals surface area contributed by atoms with Crippen molar-refractivity contribution >= 4 is 12.4 Å². The van der Waals surface area contributed by atoms with Crippen LogP contribution in [0.3, 0.4) is 0 Å². The third-order valence-electron chi connectivity index (χ3n) is 4.65. The number of likely N-dealkylation sites (tertiary alicyclic amines) is 1. The van der Waals surface area contributed by atoms with Gasteiger partial charge in [-0.1, -0.05) is 41.6 Å². The number of halogens is 1. The molecule has 0 bridgehead atoms. The van der Waals surface area contributed by atoms with Crippen molar-refractivity contribution in [1.29, 1.82) is 0 Å². The van der Waals surface area contributed by atoms with Crippen LogP contribution in [0.1, 0.15) is 24.0 Å². The molecule has 2 N–H and O–H groups in total. The number of nitrogens with two attached hydrogens (primary N) is 1. The summed E-state index contributed by atoms with van der Waals surface area (Å²) >= 11 is 0. The maximum Gasteiger partial charge on any atom is 0.258 e. The summed E-state index contributed by atoms with van der Waals surface area (Å²) in [5.41, 5.74) is 9.90. The van der Waals surface area contributed by atoms with Gasteiger partial charge < -0.3 is 10.3 Å². The van der Waals surface area contributed by atoms with E-state index in [2.05, 4.69) is 33.2 Å². The first-order valence-electron chi connectivity index (χ1n) is 8.76. The number of rotatable bonds is 5. The summed E-state index contributed by atoms with van der Waals surface area (Å²) in [4.78, 5) is 7.04. The van der Waals surface area contributed by atoms with E-state index in [4.69, 9.17) is 10.3 Å². The number of nitrogens with zero attached hydrogens (tertiary/aromatic N) is 3. The van der Waals surface area contributed by atoms with Crippen molar-refractivity contribution in [3.63, 3.8) is 0 Å². The fourth-order valence-corrected chi connectivity index (χ4v) is 3.25. The van der Waals surface area contributed by atoms with Crippen LogP contribution >= 0.6 is 12.4 Å². The summed E-state index contributed by atoms with van der Waals surface area (Å²) in [6.07, 6.45) is 2.60. The average Bonchev–Trinajstić information content (AvgIpc) is 3.34. The standard InChI is InChI=1S/C20H22N4O.ClH/c21-13-15-6-8-17(9-7-15)19-22-20(25-23-19)18-5-3-4-16(12-18)14-24-10-1-2-11-24;/h3-9,12H,1-2,10-11,13-14,21H2;1H. The Morgan fingerprint density at radius 1 is 0.962 bits per heavy atom. The minimum atomic E-state index is 0. The van der Waals surface area contributed by atoms with Gasteiger partial charge in [-0.05, 0) is 49.2 Å². The van der Waals surface area contributed by atoms with Crippen molar-refractivity contribution in [1.82, 2.24) is 15.0 Å². The van der Waals surface area contributed by atoms with E-state index in [0.29, 0.717) is 18.3 Å². The Balaban J connectivity index is 0.00000196. The summed E-state index contributed by atoms with van der Waals surface area (Å²) in [6.45, 7) is 3.89. The first kappa shape index (κ1) is 18.6. The SMILES string of the molecule is Cl.NCc1ccc(-c2noc(-c3cccc(CN4CCCC4)c3)n2)cc1. The van der Waals surface area contributed by atoms with Gasteiger partial charge in [0.25, 0.3) is 5.89 Å². The van der Waals surface area contributed by atoms with Gasteiger partial charge in [0, 0.05) is 24.2 Å². The van der Waals surface area contributed by atoms with Crippen molar-refractivity contribution in [3.8, 4) is 22.8 Å². The summed E-state index contributed by atoms with van der Waals surface area (Å²) in [5, 5.41) is 4.12. The Hall–Kier alpha value is -2.21. The van der Waals surface area contributed by atoms with E-state index in [1.165, 1.54) is 31.5 Å². The zero-order chi connectivity index (χ0) is 17.1. The molecule has 0 atom stereocenters. The van der Waals surface area contributed by atoms with Crippen molar-refractivity contribution < 1.29 is 4.52 Å². The molecular formula is C20H23ClN4O. The second kappa shape index (κ2) is 8.45. The lowest BCUT2D eigenvalue weighted by Gasteiger charge is -2.14. The Morgan fingerprint density at radius 2 is 1.73 bits per heavy atom. The maximum absolute atomic E-state index is 5.64. The molecule has 0 radical (unpaired) electrons. The van der Waals surface area contributed by atoms with Crippen LogP contribution in [-0.2, 0) is 13.1 Å². The Labute approximate surface area is 159 Å². The number of benzene rings is 2. The average molecular weight is 371 g/mol. The lowest BCUT2D eigenvalue weighted by molar-refractivity contribution is 0.331. The third kappa shape index (κ3) is 4.12. The Bertz CT molecular complexity index is 841. The summed E-state index contributed by atoms with van der Waals surface area (Å²) in [6, 6.07) is 16.3. The van der Waals surface area contributed by atoms with Crippen LogP contribution in [0.4, 0.5) is 0 Å². The first-order chi connectivity index (χ1) is 12.3. The Kier molecular flexibility index (Phi) is 6.04. The normalized spacial score (nSPS) is 14.3. The summed E-state index contributed by atoms with van der Waals surface area (Å²) < 4.78 is 5.49. The summed E-state index contributed by atoms with van der Waals surface area (Å²) in [5.74, 6) is 1.16. The predicted molar refractivity (Wildman–Crippen MR) is 105 cm³/mol. The molecule has 1 fully saturated rings. The Morgan fingerprint density at radius 3 is 2.46 bits per heavy atom. The molecule has 0 spiro atoms. The second-order valence-corrected chi connectivity index (χ2v) is 6.51. The molecule has 6 heteroatoms. The molecule has 0 aliphatic carbocycles. The molecule has 0 amide bonds. The molecule has 1 aliphatic heterocycles.